The number of nitrogens with one attached hydrogen (secondary N) is 2. The highest BCUT2D eigenvalue weighted by molar-refractivity contribution is 14.0. The number of methoxy groups -OCH3 is 3. The molecule has 2 aromatic carbocycles. The Labute approximate surface area is 195 Å². The molecule has 0 spiro atoms. The molecule has 8 heteroatoms. The minimum Gasteiger partial charge on any atom is -0.493 e. The molecule has 2 aromatic rings. The van der Waals surface area contributed by atoms with Gasteiger partial charge in [0.25, 0.3) is 0 Å². The molecule has 6 nitrogen and oxygen atoms in total. The van der Waals surface area contributed by atoms with Gasteiger partial charge in [-0.1, -0.05) is 29.8 Å². The first-order chi connectivity index (χ1) is 13.6. The normalized spacial score (nSPS) is 10.7. The number of hydrogen-bond acceptors (Lipinski definition) is 4. The van der Waals surface area contributed by atoms with Crippen LogP contribution in [-0.4, -0.2) is 40.4 Å². The first-order valence-electron chi connectivity index (χ1n) is 9.18. The summed E-state index contributed by atoms with van der Waals surface area (Å²) in [6.07, 6.45) is 0.809. The van der Waals surface area contributed by atoms with E-state index < -0.39 is 0 Å². The molecular weight excluding hydrogens is 505 g/mol. The molecule has 0 saturated carbocycles. The largest absolute Gasteiger partial charge is 0.493 e. The second-order valence-corrected chi connectivity index (χ2v) is 6.36. The maximum Gasteiger partial charge on any atom is 0.203 e. The van der Waals surface area contributed by atoms with Crippen LogP contribution in [0.15, 0.2) is 41.4 Å². The van der Waals surface area contributed by atoms with Gasteiger partial charge in [-0.05, 0) is 37.1 Å². The van der Waals surface area contributed by atoms with Crippen molar-refractivity contribution in [3.05, 3.63) is 52.5 Å². The van der Waals surface area contributed by atoms with Crippen molar-refractivity contribution in [2.75, 3.05) is 34.4 Å². The van der Waals surface area contributed by atoms with Crippen LogP contribution in [0.4, 0.5) is 0 Å². The molecule has 0 heterocycles. The molecule has 0 aliphatic carbocycles. The van der Waals surface area contributed by atoms with Gasteiger partial charge >= 0.3 is 0 Å². The van der Waals surface area contributed by atoms with E-state index in [-0.39, 0.29) is 24.0 Å². The molecule has 0 aliphatic rings. The molecule has 2 rings (SSSR count). The summed E-state index contributed by atoms with van der Waals surface area (Å²) >= 11 is 6.22. The highest BCUT2D eigenvalue weighted by atomic mass is 127. The highest BCUT2D eigenvalue weighted by Gasteiger charge is 2.15. The Morgan fingerprint density at radius 2 is 1.66 bits per heavy atom. The molecular formula is C21H29ClIN3O3. The average molecular weight is 534 g/mol. The van der Waals surface area contributed by atoms with Crippen LogP contribution in [0.2, 0.25) is 5.02 Å². The van der Waals surface area contributed by atoms with Crippen LogP contribution in [0.3, 0.4) is 0 Å². The fraction of sp³-hybridized carbons (Fsp3) is 0.381. The fourth-order valence-corrected chi connectivity index (χ4v) is 3.04. The zero-order valence-corrected chi connectivity index (χ0v) is 20.3. The van der Waals surface area contributed by atoms with E-state index in [0.29, 0.717) is 23.8 Å². The third-order valence-corrected chi connectivity index (χ3v) is 4.55. The van der Waals surface area contributed by atoms with Crippen molar-refractivity contribution in [1.82, 2.24) is 10.6 Å². The van der Waals surface area contributed by atoms with Gasteiger partial charge in [0.1, 0.15) is 0 Å². The van der Waals surface area contributed by atoms with Gasteiger partial charge in [0.2, 0.25) is 5.75 Å². The SMILES string of the molecule is CCNC(=NCc1ccc(OC)c(OC)c1OC)NCCc1ccccc1Cl.I. The zero-order valence-electron chi connectivity index (χ0n) is 17.3. The van der Waals surface area contributed by atoms with Crippen molar-refractivity contribution in [3.63, 3.8) is 0 Å². The first kappa shape index (κ1) is 25.2. The fourth-order valence-electron chi connectivity index (χ4n) is 2.81. The van der Waals surface area contributed by atoms with Gasteiger partial charge in [-0.25, -0.2) is 4.99 Å². The Balaban J connectivity index is 0.00000420. The van der Waals surface area contributed by atoms with E-state index in [0.717, 1.165) is 41.6 Å². The van der Waals surface area contributed by atoms with Crippen LogP contribution >= 0.6 is 35.6 Å². The smallest absolute Gasteiger partial charge is 0.203 e. The Morgan fingerprint density at radius 1 is 0.931 bits per heavy atom. The van der Waals surface area contributed by atoms with Crippen LogP contribution in [0.1, 0.15) is 18.1 Å². The molecule has 160 valence electrons. The lowest BCUT2D eigenvalue weighted by Gasteiger charge is -2.16. The molecule has 0 amide bonds. The van der Waals surface area contributed by atoms with Crippen molar-refractivity contribution >= 4 is 41.5 Å². The van der Waals surface area contributed by atoms with E-state index in [1.54, 1.807) is 21.3 Å². The minimum atomic E-state index is 0. The van der Waals surface area contributed by atoms with Gasteiger partial charge in [0, 0.05) is 23.7 Å². The lowest BCUT2D eigenvalue weighted by molar-refractivity contribution is 0.322. The molecule has 2 N–H and O–H groups in total. The van der Waals surface area contributed by atoms with Gasteiger partial charge in [0.05, 0.1) is 27.9 Å². The molecule has 0 atom stereocenters. The first-order valence-corrected chi connectivity index (χ1v) is 9.55. The van der Waals surface area contributed by atoms with Crippen molar-refractivity contribution in [1.29, 1.82) is 0 Å². The zero-order chi connectivity index (χ0) is 20.4. The number of benzene rings is 2. The number of guanidine groups is 1. The van der Waals surface area contributed by atoms with Crippen LogP contribution in [0.25, 0.3) is 0 Å². The molecule has 0 fully saturated rings. The Bertz CT molecular complexity index is 803. The number of hydrogen-bond donors (Lipinski definition) is 2. The lowest BCUT2D eigenvalue weighted by atomic mass is 10.1. The Morgan fingerprint density at radius 3 is 2.28 bits per heavy atom. The van der Waals surface area contributed by atoms with Gasteiger partial charge < -0.3 is 24.8 Å². The monoisotopic (exact) mass is 533 g/mol. The van der Waals surface area contributed by atoms with Crippen LogP contribution in [0, 0.1) is 0 Å². The van der Waals surface area contributed by atoms with Gasteiger partial charge in [-0.3, -0.25) is 0 Å². The molecule has 0 radical (unpaired) electrons. The third-order valence-electron chi connectivity index (χ3n) is 4.18. The minimum absolute atomic E-state index is 0. The summed E-state index contributed by atoms with van der Waals surface area (Å²) in [4.78, 5) is 4.66. The van der Waals surface area contributed by atoms with Crippen LogP contribution in [0.5, 0.6) is 17.2 Å². The third kappa shape index (κ3) is 7.15. The highest BCUT2D eigenvalue weighted by Crippen LogP contribution is 2.39. The standard InChI is InChI=1S/C21H28ClN3O3.HI/c1-5-23-21(24-13-12-15-8-6-7-9-17(15)22)25-14-16-10-11-18(26-2)20(28-4)19(16)27-3;/h6-11H,5,12-14H2,1-4H3,(H2,23,24,25);1H. The summed E-state index contributed by atoms with van der Waals surface area (Å²) in [6.45, 7) is 3.95. The summed E-state index contributed by atoms with van der Waals surface area (Å²) in [5.74, 6) is 2.54. The quantitative estimate of drug-likeness (QED) is 0.286. The Kier molecular flexibility index (Phi) is 11.6. The second kappa shape index (κ2) is 13.4. The predicted molar refractivity (Wildman–Crippen MR) is 129 cm³/mol. The van der Waals surface area contributed by atoms with Gasteiger partial charge in [-0.2, -0.15) is 0 Å². The maximum atomic E-state index is 6.22. The number of ether oxygens (including phenoxy) is 3. The van der Waals surface area contributed by atoms with E-state index in [9.17, 15) is 0 Å². The average Bonchev–Trinajstić information content (AvgIpc) is 2.72. The Hall–Kier alpha value is -1.87. The maximum absolute atomic E-state index is 6.22. The molecule has 0 bridgehead atoms. The predicted octanol–water partition coefficient (Wildman–Crippen LogP) is 4.28. The summed E-state index contributed by atoms with van der Waals surface area (Å²) in [5.41, 5.74) is 2.01. The van der Waals surface area contributed by atoms with E-state index >= 15 is 0 Å². The number of rotatable bonds is 9. The number of halogens is 2. The second-order valence-electron chi connectivity index (χ2n) is 5.96. The topological polar surface area (TPSA) is 64.1 Å². The summed E-state index contributed by atoms with van der Waals surface area (Å²) in [5, 5.41) is 7.37. The van der Waals surface area contributed by atoms with Gasteiger partial charge in [-0.15, -0.1) is 24.0 Å². The van der Waals surface area contributed by atoms with Crippen molar-refractivity contribution < 1.29 is 14.2 Å². The van der Waals surface area contributed by atoms with Crippen LogP contribution < -0.4 is 24.8 Å². The molecule has 0 saturated heterocycles. The van der Waals surface area contributed by atoms with Crippen molar-refractivity contribution in [2.24, 2.45) is 4.99 Å². The molecule has 0 unspecified atom stereocenters. The van der Waals surface area contributed by atoms with E-state index in [2.05, 4.69) is 15.6 Å². The summed E-state index contributed by atoms with van der Waals surface area (Å²) in [6, 6.07) is 11.6. The number of nitrogens with zero attached hydrogens (tertiary/aromatic N) is 1. The molecule has 0 aromatic heterocycles. The number of aliphatic imine (C=N–C) groups is 1. The van der Waals surface area contributed by atoms with E-state index in [1.807, 2.05) is 43.3 Å². The summed E-state index contributed by atoms with van der Waals surface area (Å²) in [7, 11) is 4.80. The van der Waals surface area contributed by atoms with Crippen molar-refractivity contribution in [3.8, 4) is 17.2 Å². The molecule has 0 aliphatic heterocycles. The lowest BCUT2D eigenvalue weighted by Crippen LogP contribution is -2.38. The van der Waals surface area contributed by atoms with Crippen LogP contribution in [-0.2, 0) is 13.0 Å². The van der Waals surface area contributed by atoms with E-state index in [1.165, 1.54) is 0 Å². The van der Waals surface area contributed by atoms with E-state index in [4.69, 9.17) is 25.8 Å². The summed E-state index contributed by atoms with van der Waals surface area (Å²) < 4.78 is 16.3. The molecule has 29 heavy (non-hydrogen) atoms. The van der Waals surface area contributed by atoms with Crippen molar-refractivity contribution in [2.45, 2.75) is 19.9 Å². The van der Waals surface area contributed by atoms with Gasteiger partial charge in [0.15, 0.2) is 17.5 Å².